The van der Waals surface area contributed by atoms with E-state index >= 15 is 0 Å². The average molecular weight is 411 g/mol. The van der Waals surface area contributed by atoms with Crippen molar-refractivity contribution in [1.82, 2.24) is 10.3 Å². The van der Waals surface area contributed by atoms with Crippen molar-refractivity contribution < 1.29 is 19.4 Å². The number of nitrogens with zero attached hydrogens (tertiary/aromatic N) is 2. The summed E-state index contributed by atoms with van der Waals surface area (Å²) in [6.07, 6.45) is 0. The van der Waals surface area contributed by atoms with Crippen molar-refractivity contribution in [2.24, 2.45) is 0 Å². The van der Waals surface area contributed by atoms with Gasteiger partial charge in [0, 0.05) is 30.1 Å². The van der Waals surface area contributed by atoms with Crippen LogP contribution in [0.4, 0.5) is 5.13 Å². The highest BCUT2D eigenvalue weighted by molar-refractivity contribution is 7.14. The lowest BCUT2D eigenvalue weighted by Gasteiger charge is -2.16. The lowest BCUT2D eigenvalue weighted by molar-refractivity contribution is -0.135. The Morgan fingerprint density at radius 1 is 1.14 bits per heavy atom. The van der Waals surface area contributed by atoms with E-state index in [1.165, 1.54) is 0 Å². The Labute approximate surface area is 172 Å². The van der Waals surface area contributed by atoms with Gasteiger partial charge in [-0.15, -0.1) is 11.3 Å². The maximum absolute atomic E-state index is 11.9. The number of nitrogens with one attached hydrogen (secondary N) is 1. The van der Waals surface area contributed by atoms with Gasteiger partial charge in [-0.2, -0.15) is 0 Å². The van der Waals surface area contributed by atoms with Crippen LogP contribution in [0, 0.1) is 0 Å². The predicted octanol–water partition coefficient (Wildman–Crippen LogP) is 3.27. The van der Waals surface area contributed by atoms with Crippen LogP contribution < -0.4 is 15.0 Å². The predicted molar refractivity (Wildman–Crippen MR) is 113 cm³/mol. The maximum Gasteiger partial charge on any atom is 0.322 e. The number of carboxylic acid groups (broad SMARTS) is 1. The Morgan fingerprint density at radius 3 is 2.45 bits per heavy atom. The number of carbonyl (C=O) groups is 2. The number of ether oxygens (including phenoxy) is 1. The van der Waals surface area contributed by atoms with Crippen LogP contribution in [0.5, 0.6) is 5.75 Å². The Balaban J connectivity index is 1.62. The number of hydrogen-bond acceptors (Lipinski definition) is 6. The topological polar surface area (TPSA) is 91.8 Å². The molecule has 0 saturated heterocycles. The van der Waals surface area contributed by atoms with Crippen molar-refractivity contribution in [3.63, 3.8) is 0 Å². The molecule has 3 rings (SSSR count). The van der Waals surface area contributed by atoms with Gasteiger partial charge in [-0.1, -0.05) is 12.1 Å². The number of benzene rings is 2. The smallest absolute Gasteiger partial charge is 0.322 e. The molecular formula is C21H21N3O4S. The average Bonchev–Trinajstić information content (AvgIpc) is 3.23. The number of methoxy groups -OCH3 is 1. The minimum atomic E-state index is -1.07. The van der Waals surface area contributed by atoms with Crippen molar-refractivity contribution in [1.29, 1.82) is 0 Å². The molecule has 1 amide bonds. The zero-order valence-electron chi connectivity index (χ0n) is 16.1. The Bertz CT molecular complexity index is 984. The molecule has 0 spiro atoms. The molecule has 8 heteroatoms. The highest BCUT2D eigenvalue weighted by atomic mass is 32.1. The Morgan fingerprint density at radius 2 is 1.83 bits per heavy atom. The van der Waals surface area contributed by atoms with Crippen molar-refractivity contribution in [3.05, 3.63) is 65.0 Å². The van der Waals surface area contributed by atoms with Crippen LogP contribution in [-0.4, -0.2) is 42.7 Å². The van der Waals surface area contributed by atoms with E-state index in [0.29, 0.717) is 12.1 Å². The highest BCUT2D eigenvalue weighted by Gasteiger charge is 2.11. The van der Waals surface area contributed by atoms with Crippen LogP contribution in [0.3, 0.4) is 0 Å². The summed E-state index contributed by atoms with van der Waals surface area (Å²) in [6.45, 7) is 0.233. The minimum Gasteiger partial charge on any atom is -0.497 e. The van der Waals surface area contributed by atoms with E-state index in [4.69, 9.17) is 14.8 Å². The molecule has 0 saturated carbocycles. The molecule has 0 bridgehead atoms. The van der Waals surface area contributed by atoms with Gasteiger partial charge in [0.05, 0.1) is 12.8 Å². The third-order valence-corrected chi connectivity index (χ3v) is 5.20. The van der Waals surface area contributed by atoms with Crippen LogP contribution in [0.15, 0.2) is 53.9 Å². The molecular weight excluding hydrogens is 390 g/mol. The standard InChI is InChI=1S/C21H21N3O4S/c1-24(12-14-3-5-16(6-4-14)20(27)22-11-19(25)26)21-23-18(13-29-21)15-7-9-17(28-2)10-8-15/h3-10,13H,11-12H2,1-2H3,(H,22,27)(H,25,26). The van der Waals surface area contributed by atoms with E-state index < -0.39 is 18.4 Å². The van der Waals surface area contributed by atoms with E-state index in [1.54, 1.807) is 30.6 Å². The van der Waals surface area contributed by atoms with Crippen molar-refractivity contribution >= 4 is 28.3 Å². The monoisotopic (exact) mass is 411 g/mol. The minimum absolute atomic E-state index is 0.399. The third kappa shape index (κ3) is 5.32. The fourth-order valence-corrected chi connectivity index (χ4v) is 3.50. The normalized spacial score (nSPS) is 10.4. The lowest BCUT2D eigenvalue weighted by atomic mass is 10.1. The summed E-state index contributed by atoms with van der Waals surface area (Å²) in [4.78, 5) is 29.2. The summed E-state index contributed by atoms with van der Waals surface area (Å²) in [6, 6.07) is 14.8. The number of rotatable bonds is 8. The van der Waals surface area contributed by atoms with Crippen molar-refractivity contribution in [3.8, 4) is 17.0 Å². The quantitative estimate of drug-likeness (QED) is 0.591. The molecule has 0 aliphatic carbocycles. The molecule has 2 aromatic carbocycles. The van der Waals surface area contributed by atoms with Crippen LogP contribution in [0.1, 0.15) is 15.9 Å². The van der Waals surface area contributed by atoms with Gasteiger partial charge in [0.2, 0.25) is 0 Å². The van der Waals surface area contributed by atoms with Crippen molar-refractivity contribution in [2.45, 2.75) is 6.54 Å². The highest BCUT2D eigenvalue weighted by Crippen LogP contribution is 2.28. The van der Waals surface area contributed by atoms with Crippen LogP contribution in [-0.2, 0) is 11.3 Å². The van der Waals surface area contributed by atoms with Gasteiger partial charge in [-0.25, -0.2) is 4.98 Å². The maximum atomic E-state index is 11.9. The van der Waals surface area contributed by atoms with Gasteiger partial charge in [0.15, 0.2) is 5.13 Å². The van der Waals surface area contributed by atoms with Gasteiger partial charge in [0.1, 0.15) is 12.3 Å². The summed E-state index contributed by atoms with van der Waals surface area (Å²) in [5.41, 5.74) is 3.38. The van der Waals surface area contributed by atoms with E-state index in [-0.39, 0.29) is 0 Å². The SMILES string of the molecule is COc1ccc(-c2csc(N(C)Cc3ccc(C(=O)NCC(=O)O)cc3)n2)cc1. The van der Waals surface area contributed by atoms with E-state index in [9.17, 15) is 9.59 Å². The molecule has 0 fully saturated rings. The van der Waals surface area contributed by atoms with Crippen LogP contribution in [0.2, 0.25) is 0 Å². The molecule has 2 N–H and O–H groups in total. The van der Waals surface area contributed by atoms with Gasteiger partial charge < -0.3 is 20.1 Å². The number of anilines is 1. The molecule has 3 aromatic rings. The molecule has 0 aliphatic heterocycles. The number of thiazole rings is 1. The second-order valence-corrected chi connectivity index (χ2v) is 7.21. The Kier molecular flexibility index (Phi) is 6.46. The molecule has 1 heterocycles. The van der Waals surface area contributed by atoms with Gasteiger partial charge in [-0.3, -0.25) is 9.59 Å². The molecule has 29 heavy (non-hydrogen) atoms. The summed E-state index contributed by atoms with van der Waals surface area (Å²) < 4.78 is 5.18. The first-order valence-corrected chi connectivity index (χ1v) is 9.74. The fourth-order valence-electron chi connectivity index (χ4n) is 2.69. The van der Waals surface area contributed by atoms with Gasteiger partial charge in [0.25, 0.3) is 5.91 Å². The molecule has 0 aliphatic rings. The zero-order chi connectivity index (χ0) is 20.8. The molecule has 0 unspecified atom stereocenters. The summed E-state index contributed by atoms with van der Waals surface area (Å²) >= 11 is 1.56. The summed E-state index contributed by atoms with van der Waals surface area (Å²) in [7, 11) is 3.60. The molecule has 1 aromatic heterocycles. The number of aliphatic carboxylic acids is 1. The summed E-state index contributed by atoms with van der Waals surface area (Å²) in [5, 5.41) is 13.9. The second kappa shape index (κ2) is 9.20. The first-order chi connectivity index (χ1) is 14.0. The van der Waals surface area contributed by atoms with E-state index in [2.05, 4.69) is 5.32 Å². The zero-order valence-corrected chi connectivity index (χ0v) is 16.9. The summed E-state index contributed by atoms with van der Waals surface area (Å²) in [5.74, 6) is -0.674. The second-order valence-electron chi connectivity index (χ2n) is 6.37. The molecule has 0 radical (unpaired) electrons. The van der Waals surface area contributed by atoms with E-state index in [0.717, 1.165) is 27.7 Å². The fraction of sp³-hybridized carbons (Fsp3) is 0.190. The molecule has 7 nitrogen and oxygen atoms in total. The van der Waals surface area contributed by atoms with Crippen LogP contribution in [0.25, 0.3) is 11.3 Å². The third-order valence-electron chi connectivity index (χ3n) is 4.24. The Hall–Kier alpha value is -3.39. The van der Waals surface area contributed by atoms with Gasteiger partial charge >= 0.3 is 5.97 Å². The number of carboxylic acids is 1. The number of aromatic nitrogens is 1. The van der Waals surface area contributed by atoms with Crippen LogP contribution >= 0.6 is 11.3 Å². The van der Waals surface area contributed by atoms with E-state index in [1.807, 2.05) is 53.7 Å². The largest absolute Gasteiger partial charge is 0.497 e. The number of carbonyl (C=O) groups excluding carboxylic acids is 1. The first-order valence-electron chi connectivity index (χ1n) is 8.86. The molecule has 150 valence electrons. The molecule has 0 atom stereocenters. The lowest BCUT2D eigenvalue weighted by Crippen LogP contribution is -2.29. The van der Waals surface area contributed by atoms with Gasteiger partial charge in [-0.05, 0) is 42.0 Å². The number of hydrogen-bond donors (Lipinski definition) is 2. The first kappa shape index (κ1) is 20.3. The number of amides is 1. The van der Waals surface area contributed by atoms with Crippen molar-refractivity contribution in [2.75, 3.05) is 25.6 Å².